The minimum atomic E-state index is -4.01. The Morgan fingerprint density at radius 3 is 2.61 bits per heavy atom. The van der Waals surface area contributed by atoms with Crippen molar-refractivity contribution in [3.8, 4) is 0 Å². The number of carbonyl (C=O) groups is 1. The largest absolute Gasteiger partial charge is 0.392 e. The molecule has 0 aliphatic rings. The number of aliphatic hydroxyl groups excluding tert-OH is 1. The van der Waals surface area contributed by atoms with Crippen LogP contribution in [-0.4, -0.2) is 28.8 Å². The van der Waals surface area contributed by atoms with Gasteiger partial charge in [0.05, 0.1) is 22.0 Å². The third-order valence-electron chi connectivity index (χ3n) is 4.83. The van der Waals surface area contributed by atoms with E-state index in [1.807, 2.05) is 0 Å². The Balaban J connectivity index is 1.49. The average Bonchev–Trinajstić information content (AvgIpc) is 3.25. The Morgan fingerprint density at radius 1 is 1.10 bits per heavy atom. The molecule has 2 N–H and O–H groups in total. The molecular weight excluding hydrogens is 421 g/mol. The first-order valence-electron chi connectivity index (χ1n) is 9.33. The van der Waals surface area contributed by atoms with Crippen LogP contribution >= 0.6 is 0 Å². The van der Waals surface area contributed by atoms with Crippen molar-refractivity contribution in [1.29, 1.82) is 0 Å². The lowest BCUT2D eigenvalue weighted by Gasteiger charge is -2.10. The number of aliphatic hydroxyl groups is 1. The highest BCUT2D eigenvalue weighted by Crippen LogP contribution is 2.25. The molecule has 2 heterocycles. The predicted molar refractivity (Wildman–Crippen MR) is 111 cm³/mol. The summed E-state index contributed by atoms with van der Waals surface area (Å²) in [6.07, 6.45) is 5.05. The first-order chi connectivity index (χ1) is 14.9. The van der Waals surface area contributed by atoms with Crippen LogP contribution in [0.1, 0.15) is 21.5 Å². The van der Waals surface area contributed by atoms with E-state index in [4.69, 9.17) is 0 Å². The summed E-state index contributed by atoms with van der Waals surface area (Å²) in [5.74, 6) is -0.983. The first kappa shape index (κ1) is 20.7. The summed E-state index contributed by atoms with van der Waals surface area (Å²) in [5.41, 5.74) is 2.01. The third-order valence-corrected chi connectivity index (χ3v) is 6.68. The summed E-state index contributed by atoms with van der Waals surface area (Å²) >= 11 is 0. The summed E-state index contributed by atoms with van der Waals surface area (Å²) in [4.78, 5) is 16.2. The van der Waals surface area contributed by atoms with Crippen molar-refractivity contribution in [3.63, 3.8) is 0 Å². The Hall–Kier alpha value is -3.56. The van der Waals surface area contributed by atoms with E-state index in [1.54, 1.807) is 47.3 Å². The molecule has 0 saturated carbocycles. The highest BCUT2D eigenvalue weighted by molar-refractivity contribution is 7.91. The SMILES string of the molecule is O=C(NCc1ccc(S(=O)(=O)c2cc(F)ccc2CO)cc1)c1ccc2nccn2c1. The molecule has 0 aliphatic heterocycles. The van der Waals surface area contributed by atoms with Gasteiger partial charge in [-0.05, 0) is 47.5 Å². The van der Waals surface area contributed by atoms with Gasteiger partial charge in [-0.1, -0.05) is 18.2 Å². The van der Waals surface area contributed by atoms with Crippen molar-refractivity contribution in [2.75, 3.05) is 0 Å². The van der Waals surface area contributed by atoms with Gasteiger partial charge in [-0.2, -0.15) is 0 Å². The van der Waals surface area contributed by atoms with Crippen LogP contribution in [0.5, 0.6) is 0 Å². The second-order valence-electron chi connectivity index (χ2n) is 6.85. The van der Waals surface area contributed by atoms with Gasteiger partial charge in [0.1, 0.15) is 11.5 Å². The number of fused-ring (bicyclic) bond motifs is 1. The zero-order valence-electron chi connectivity index (χ0n) is 16.2. The minimum Gasteiger partial charge on any atom is -0.392 e. The van der Waals surface area contributed by atoms with Crippen LogP contribution in [0.3, 0.4) is 0 Å². The maximum Gasteiger partial charge on any atom is 0.253 e. The number of nitrogens with zero attached hydrogens (tertiary/aromatic N) is 2. The number of carbonyl (C=O) groups excluding carboxylic acids is 1. The molecule has 31 heavy (non-hydrogen) atoms. The van der Waals surface area contributed by atoms with Crippen LogP contribution in [0.25, 0.3) is 5.65 Å². The molecule has 9 heteroatoms. The lowest BCUT2D eigenvalue weighted by atomic mass is 10.2. The van der Waals surface area contributed by atoms with Gasteiger partial charge in [0, 0.05) is 25.1 Å². The summed E-state index contributed by atoms with van der Waals surface area (Å²) < 4.78 is 41.0. The lowest BCUT2D eigenvalue weighted by Crippen LogP contribution is -2.23. The van der Waals surface area contributed by atoms with E-state index in [2.05, 4.69) is 10.3 Å². The maximum atomic E-state index is 13.6. The van der Waals surface area contributed by atoms with Crippen LogP contribution in [0.15, 0.2) is 83.0 Å². The number of hydrogen-bond acceptors (Lipinski definition) is 5. The third kappa shape index (κ3) is 4.18. The molecule has 0 atom stereocenters. The highest BCUT2D eigenvalue weighted by atomic mass is 32.2. The van der Waals surface area contributed by atoms with Crippen molar-refractivity contribution < 1.29 is 22.7 Å². The van der Waals surface area contributed by atoms with Crippen molar-refractivity contribution in [2.45, 2.75) is 22.9 Å². The molecule has 1 amide bonds. The number of aromatic nitrogens is 2. The van der Waals surface area contributed by atoms with Gasteiger partial charge in [0.25, 0.3) is 5.91 Å². The van der Waals surface area contributed by atoms with Gasteiger partial charge >= 0.3 is 0 Å². The number of imidazole rings is 1. The van der Waals surface area contributed by atoms with Crippen LogP contribution in [0.4, 0.5) is 4.39 Å². The van der Waals surface area contributed by atoms with E-state index in [0.29, 0.717) is 11.1 Å². The molecule has 0 spiro atoms. The molecule has 4 aromatic rings. The minimum absolute atomic E-state index is 0.0339. The van der Waals surface area contributed by atoms with Gasteiger partial charge in [-0.3, -0.25) is 4.79 Å². The second kappa shape index (κ2) is 8.29. The van der Waals surface area contributed by atoms with E-state index in [1.165, 1.54) is 18.2 Å². The van der Waals surface area contributed by atoms with E-state index in [9.17, 15) is 22.7 Å². The number of benzene rings is 2. The smallest absolute Gasteiger partial charge is 0.253 e. The molecule has 0 bridgehead atoms. The summed E-state index contributed by atoms with van der Waals surface area (Å²) in [6.45, 7) is -0.327. The number of halogens is 1. The molecule has 7 nitrogen and oxygen atoms in total. The number of amides is 1. The van der Waals surface area contributed by atoms with Gasteiger partial charge in [0.15, 0.2) is 0 Å². The van der Waals surface area contributed by atoms with Crippen molar-refractivity contribution in [2.24, 2.45) is 0 Å². The molecule has 0 saturated heterocycles. The topological polar surface area (TPSA) is 101 Å². The fourth-order valence-electron chi connectivity index (χ4n) is 3.16. The number of pyridine rings is 1. The Labute approximate surface area is 177 Å². The Morgan fingerprint density at radius 2 is 1.87 bits per heavy atom. The van der Waals surface area contributed by atoms with Crippen molar-refractivity contribution >= 4 is 21.4 Å². The molecule has 0 radical (unpaired) electrons. The molecular formula is C22H18FN3O4S. The van der Waals surface area contributed by atoms with Gasteiger partial charge in [-0.25, -0.2) is 17.8 Å². The standard InChI is InChI=1S/C22H18FN3O4S/c23-18-5-3-17(14-27)20(11-18)31(29,30)19-6-1-15(2-7-19)12-25-22(28)16-4-8-21-24-9-10-26(21)13-16/h1-11,13,27H,12,14H2,(H,25,28). The fourth-order valence-corrected chi connectivity index (χ4v) is 4.66. The van der Waals surface area contributed by atoms with Crippen LogP contribution in [-0.2, 0) is 23.0 Å². The molecule has 0 unspecified atom stereocenters. The molecule has 4 rings (SSSR count). The number of rotatable bonds is 6. The summed E-state index contributed by atoms with van der Waals surface area (Å²) in [5, 5.41) is 12.2. The summed E-state index contributed by atoms with van der Waals surface area (Å²) in [6, 6.07) is 12.6. The Bertz CT molecular complexity index is 1370. The van der Waals surface area contributed by atoms with E-state index < -0.39 is 22.3 Å². The maximum absolute atomic E-state index is 13.6. The van der Waals surface area contributed by atoms with Gasteiger partial charge in [-0.15, -0.1) is 0 Å². The molecule has 0 aliphatic carbocycles. The Kier molecular flexibility index (Phi) is 5.53. The van der Waals surface area contributed by atoms with E-state index in [0.717, 1.165) is 17.8 Å². The number of hydrogen-bond donors (Lipinski definition) is 2. The van der Waals surface area contributed by atoms with Gasteiger partial charge < -0.3 is 14.8 Å². The summed E-state index contributed by atoms with van der Waals surface area (Å²) in [7, 11) is -4.01. The second-order valence-corrected chi connectivity index (χ2v) is 8.77. The fraction of sp³-hybridized carbons (Fsp3) is 0.0909. The molecule has 158 valence electrons. The zero-order valence-corrected chi connectivity index (χ0v) is 17.0. The van der Waals surface area contributed by atoms with Crippen LogP contribution < -0.4 is 5.32 Å². The number of sulfone groups is 1. The normalized spacial score (nSPS) is 11.5. The monoisotopic (exact) mass is 439 g/mol. The molecule has 0 fully saturated rings. The quantitative estimate of drug-likeness (QED) is 0.481. The van der Waals surface area contributed by atoms with E-state index >= 15 is 0 Å². The molecule has 2 aromatic heterocycles. The van der Waals surface area contributed by atoms with Crippen LogP contribution in [0, 0.1) is 5.82 Å². The highest BCUT2D eigenvalue weighted by Gasteiger charge is 2.22. The number of nitrogens with one attached hydrogen (secondary N) is 1. The van der Waals surface area contributed by atoms with Crippen molar-refractivity contribution in [3.05, 3.63) is 95.7 Å². The lowest BCUT2D eigenvalue weighted by molar-refractivity contribution is 0.0950. The average molecular weight is 439 g/mol. The zero-order chi connectivity index (χ0) is 22.0. The van der Waals surface area contributed by atoms with E-state index in [-0.39, 0.29) is 27.8 Å². The van der Waals surface area contributed by atoms with Gasteiger partial charge in [0.2, 0.25) is 9.84 Å². The molecule has 2 aromatic carbocycles. The predicted octanol–water partition coefficient (Wildman–Crippen LogP) is 2.73. The van der Waals surface area contributed by atoms with Crippen molar-refractivity contribution in [1.82, 2.24) is 14.7 Å². The van der Waals surface area contributed by atoms with Crippen LogP contribution in [0.2, 0.25) is 0 Å². The first-order valence-corrected chi connectivity index (χ1v) is 10.8.